The number of piperidine rings is 1. The van der Waals surface area contributed by atoms with E-state index in [-0.39, 0.29) is 17.8 Å². The predicted octanol–water partition coefficient (Wildman–Crippen LogP) is 3.79. The molecule has 1 fully saturated rings. The molecule has 0 spiro atoms. The van der Waals surface area contributed by atoms with Gasteiger partial charge in [-0.2, -0.15) is 0 Å². The first-order valence-corrected chi connectivity index (χ1v) is 9.49. The summed E-state index contributed by atoms with van der Waals surface area (Å²) < 4.78 is 11.1. The second-order valence-electron chi connectivity index (χ2n) is 7.06. The number of rotatable bonds is 5. The Labute approximate surface area is 163 Å². The van der Waals surface area contributed by atoms with E-state index < -0.39 is 0 Å². The molecule has 1 saturated heterocycles. The van der Waals surface area contributed by atoms with Crippen LogP contribution in [0.15, 0.2) is 52.9 Å². The smallest absolute Gasteiger partial charge is 0.291 e. The average molecular weight is 380 g/mol. The summed E-state index contributed by atoms with van der Waals surface area (Å²) in [6.45, 7) is 1.98. The number of anilines is 2. The third kappa shape index (κ3) is 3.74. The molecule has 6 heteroatoms. The number of aliphatic hydroxyl groups is 1. The average Bonchev–Trinajstić information content (AvgIpc) is 3.08. The first kappa shape index (κ1) is 18.5. The molecule has 4 rings (SSSR count). The first-order chi connectivity index (χ1) is 13.7. The number of fused-ring (bicyclic) bond motifs is 1. The van der Waals surface area contributed by atoms with E-state index in [1.54, 1.807) is 7.11 Å². The van der Waals surface area contributed by atoms with E-state index in [1.165, 1.54) is 0 Å². The van der Waals surface area contributed by atoms with Crippen LogP contribution in [0.2, 0.25) is 0 Å². The SMILES string of the molecule is COCc1c(C(=O)Nc2ccc(N3CCC(O)CC3)cc2)oc2ccccc12. The normalized spacial score (nSPS) is 15.1. The summed E-state index contributed by atoms with van der Waals surface area (Å²) in [6, 6.07) is 15.3. The fourth-order valence-corrected chi connectivity index (χ4v) is 3.64. The zero-order chi connectivity index (χ0) is 19.5. The van der Waals surface area contributed by atoms with Crippen LogP contribution in [0.3, 0.4) is 0 Å². The summed E-state index contributed by atoms with van der Waals surface area (Å²) in [5.41, 5.74) is 3.21. The number of furan rings is 1. The van der Waals surface area contributed by atoms with Gasteiger partial charge in [-0.25, -0.2) is 0 Å². The summed E-state index contributed by atoms with van der Waals surface area (Å²) in [6.07, 6.45) is 1.37. The van der Waals surface area contributed by atoms with Crippen molar-refractivity contribution in [2.75, 3.05) is 30.4 Å². The second-order valence-corrected chi connectivity index (χ2v) is 7.06. The predicted molar refractivity (Wildman–Crippen MR) is 109 cm³/mol. The van der Waals surface area contributed by atoms with Crippen LogP contribution in [0.25, 0.3) is 11.0 Å². The van der Waals surface area contributed by atoms with E-state index in [1.807, 2.05) is 48.5 Å². The van der Waals surface area contributed by atoms with Crippen molar-refractivity contribution in [2.45, 2.75) is 25.6 Å². The maximum absolute atomic E-state index is 12.8. The second kappa shape index (κ2) is 8.04. The van der Waals surface area contributed by atoms with Crippen molar-refractivity contribution in [3.05, 3.63) is 59.9 Å². The van der Waals surface area contributed by atoms with Crippen LogP contribution < -0.4 is 10.2 Å². The lowest BCUT2D eigenvalue weighted by Crippen LogP contribution is -2.35. The Morgan fingerprint density at radius 2 is 1.89 bits per heavy atom. The van der Waals surface area contributed by atoms with E-state index in [0.717, 1.165) is 42.6 Å². The number of methoxy groups -OCH3 is 1. The van der Waals surface area contributed by atoms with Crippen molar-refractivity contribution in [1.82, 2.24) is 0 Å². The molecule has 0 saturated carbocycles. The van der Waals surface area contributed by atoms with Gasteiger partial charge >= 0.3 is 0 Å². The van der Waals surface area contributed by atoms with Gasteiger partial charge in [-0.15, -0.1) is 0 Å². The van der Waals surface area contributed by atoms with Gasteiger partial charge in [-0.3, -0.25) is 4.79 Å². The largest absolute Gasteiger partial charge is 0.451 e. The van der Waals surface area contributed by atoms with Gasteiger partial charge in [0.25, 0.3) is 5.91 Å². The van der Waals surface area contributed by atoms with Crippen molar-refractivity contribution in [3.63, 3.8) is 0 Å². The Balaban J connectivity index is 1.51. The Morgan fingerprint density at radius 3 is 2.61 bits per heavy atom. The van der Waals surface area contributed by atoms with E-state index in [0.29, 0.717) is 17.9 Å². The topological polar surface area (TPSA) is 74.9 Å². The van der Waals surface area contributed by atoms with Crippen LogP contribution in [-0.2, 0) is 11.3 Å². The van der Waals surface area contributed by atoms with Crippen molar-refractivity contribution < 1.29 is 19.1 Å². The zero-order valence-electron chi connectivity index (χ0n) is 15.9. The molecule has 0 radical (unpaired) electrons. The van der Waals surface area contributed by atoms with Crippen LogP contribution in [0.4, 0.5) is 11.4 Å². The van der Waals surface area contributed by atoms with E-state index in [9.17, 15) is 9.90 Å². The molecule has 1 aromatic heterocycles. The van der Waals surface area contributed by atoms with Crippen molar-refractivity contribution in [2.24, 2.45) is 0 Å². The van der Waals surface area contributed by atoms with Gasteiger partial charge in [-0.1, -0.05) is 18.2 Å². The van der Waals surface area contributed by atoms with Crippen LogP contribution in [-0.4, -0.2) is 37.3 Å². The third-order valence-electron chi connectivity index (χ3n) is 5.15. The fourth-order valence-electron chi connectivity index (χ4n) is 3.64. The molecule has 1 aliphatic rings. The fraction of sp³-hybridized carbons (Fsp3) is 0.318. The molecule has 0 unspecified atom stereocenters. The number of aliphatic hydroxyl groups excluding tert-OH is 1. The minimum absolute atomic E-state index is 0.195. The van der Waals surface area contributed by atoms with E-state index >= 15 is 0 Å². The van der Waals surface area contributed by atoms with E-state index in [2.05, 4.69) is 10.2 Å². The highest BCUT2D eigenvalue weighted by atomic mass is 16.5. The minimum Gasteiger partial charge on any atom is -0.451 e. The highest BCUT2D eigenvalue weighted by molar-refractivity contribution is 6.06. The molecule has 0 aliphatic carbocycles. The lowest BCUT2D eigenvalue weighted by molar-refractivity contribution is 0.0992. The summed E-state index contributed by atoms with van der Waals surface area (Å²) >= 11 is 0. The molecule has 2 aromatic carbocycles. The molecule has 2 heterocycles. The van der Waals surface area contributed by atoms with Crippen molar-refractivity contribution >= 4 is 28.3 Å². The number of carbonyl (C=O) groups excluding carboxylic acids is 1. The lowest BCUT2D eigenvalue weighted by Gasteiger charge is -2.31. The lowest BCUT2D eigenvalue weighted by atomic mass is 10.1. The Hall–Kier alpha value is -2.83. The molecule has 6 nitrogen and oxygen atoms in total. The molecule has 28 heavy (non-hydrogen) atoms. The molecule has 0 bridgehead atoms. The van der Waals surface area contributed by atoms with Crippen LogP contribution >= 0.6 is 0 Å². The van der Waals surface area contributed by atoms with Gasteiger partial charge in [0.1, 0.15) is 5.58 Å². The molecule has 2 N–H and O–H groups in total. The molecule has 1 aliphatic heterocycles. The van der Waals surface area contributed by atoms with Crippen molar-refractivity contribution in [1.29, 1.82) is 0 Å². The Kier molecular flexibility index (Phi) is 5.32. The third-order valence-corrected chi connectivity index (χ3v) is 5.15. The maximum Gasteiger partial charge on any atom is 0.291 e. The van der Waals surface area contributed by atoms with E-state index in [4.69, 9.17) is 9.15 Å². The number of benzene rings is 2. The number of carbonyl (C=O) groups is 1. The Bertz CT molecular complexity index is 956. The first-order valence-electron chi connectivity index (χ1n) is 9.49. The molecular formula is C22H24N2O4. The maximum atomic E-state index is 12.8. The van der Waals surface area contributed by atoms with Crippen LogP contribution in [0, 0.1) is 0 Å². The number of ether oxygens (including phenoxy) is 1. The monoisotopic (exact) mass is 380 g/mol. The number of nitrogens with zero attached hydrogens (tertiary/aromatic N) is 1. The number of para-hydroxylation sites is 1. The van der Waals surface area contributed by atoms with Gasteiger partial charge in [-0.05, 0) is 43.2 Å². The minimum atomic E-state index is -0.294. The summed E-state index contributed by atoms with van der Waals surface area (Å²) in [4.78, 5) is 15.0. The van der Waals surface area contributed by atoms with Gasteiger partial charge in [0, 0.05) is 42.5 Å². The number of nitrogens with one attached hydrogen (secondary N) is 1. The van der Waals surface area contributed by atoms with Gasteiger partial charge < -0.3 is 24.5 Å². The molecule has 146 valence electrons. The van der Waals surface area contributed by atoms with Crippen LogP contribution in [0.5, 0.6) is 0 Å². The summed E-state index contributed by atoms with van der Waals surface area (Å²) in [5, 5.41) is 13.4. The zero-order valence-corrected chi connectivity index (χ0v) is 15.9. The number of hydrogen-bond acceptors (Lipinski definition) is 5. The number of amides is 1. The molecule has 3 aromatic rings. The summed E-state index contributed by atoms with van der Waals surface area (Å²) in [5.74, 6) is -0.0192. The molecular weight excluding hydrogens is 356 g/mol. The highest BCUT2D eigenvalue weighted by Crippen LogP contribution is 2.28. The van der Waals surface area contributed by atoms with Gasteiger partial charge in [0.2, 0.25) is 0 Å². The van der Waals surface area contributed by atoms with Gasteiger partial charge in [0.15, 0.2) is 5.76 Å². The molecule has 0 atom stereocenters. The quantitative estimate of drug-likeness (QED) is 0.704. The van der Waals surface area contributed by atoms with Crippen LogP contribution in [0.1, 0.15) is 29.0 Å². The van der Waals surface area contributed by atoms with Crippen molar-refractivity contribution in [3.8, 4) is 0 Å². The highest BCUT2D eigenvalue weighted by Gasteiger charge is 2.21. The standard InChI is InChI=1S/C22H24N2O4/c1-27-14-19-18-4-2-3-5-20(18)28-21(19)22(26)23-15-6-8-16(9-7-15)24-12-10-17(25)11-13-24/h2-9,17,25H,10-14H2,1H3,(H,23,26). The summed E-state index contributed by atoms with van der Waals surface area (Å²) in [7, 11) is 1.60. The van der Waals surface area contributed by atoms with Gasteiger partial charge in [0.05, 0.1) is 12.7 Å². The Morgan fingerprint density at radius 1 is 1.18 bits per heavy atom. The number of hydrogen-bond donors (Lipinski definition) is 2. The molecule has 1 amide bonds.